The molecule has 0 bridgehead atoms. The Labute approximate surface area is 403 Å². The molecule has 0 saturated carbocycles. The molecule has 68 heavy (non-hydrogen) atoms. The number of aryl methyl sites for hydroxylation is 2. The molecule has 3 saturated heterocycles. The van der Waals surface area contributed by atoms with Crippen molar-refractivity contribution >= 4 is 18.2 Å². The predicted octanol–water partition coefficient (Wildman–Crippen LogP) is 11.9. The quantitative estimate of drug-likeness (QED) is 0.0655. The lowest BCUT2D eigenvalue weighted by atomic mass is 9.77. The topological polar surface area (TPSA) is 104 Å². The van der Waals surface area contributed by atoms with Gasteiger partial charge >= 0.3 is 18.2 Å². The van der Waals surface area contributed by atoms with Crippen molar-refractivity contribution in [1.29, 1.82) is 0 Å². The standard InChI is InChI=1S/C57H69N5O6/c1-5-7-9-11-14-18-43-22-30-48(31-23-43)56-57(49-32-24-44(25-33-49)19-15-12-10-8-6-2)61(54(64)59(56)38-45-26-34-51(66-3)35-27-45)40-50(58-53(63)68-42-47-20-16-13-17-21-47)41-62(57)55(65)60(56)39-46-28-36-52(67-4)37-29-46/h13,16-17,20-37,50H,5-12,14-15,18-19,38-42H2,1-4H3,(H,58,63). The third kappa shape index (κ3) is 9.62. The van der Waals surface area contributed by atoms with E-state index in [0.717, 1.165) is 53.5 Å². The fourth-order valence-electron chi connectivity index (χ4n) is 10.7. The van der Waals surface area contributed by atoms with E-state index in [2.05, 4.69) is 67.7 Å². The fraction of sp³-hybridized carbons (Fsp3) is 0.421. The van der Waals surface area contributed by atoms with Gasteiger partial charge < -0.3 is 19.5 Å². The van der Waals surface area contributed by atoms with Gasteiger partial charge in [-0.05, 0) is 77.8 Å². The van der Waals surface area contributed by atoms with E-state index in [-0.39, 0.29) is 44.8 Å². The molecule has 11 nitrogen and oxygen atoms in total. The molecule has 0 atom stereocenters. The van der Waals surface area contributed by atoms with Gasteiger partial charge in [-0.3, -0.25) is 19.6 Å². The van der Waals surface area contributed by atoms with Gasteiger partial charge in [0.15, 0.2) is 11.3 Å². The minimum atomic E-state index is -1.40. The van der Waals surface area contributed by atoms with Crippen LogP contribution >= 0.6 is 0 Å². The molecule has 1 N–H and O–H groups in total. The number of alkyl carbamates (subject to hydrolysis) is 1. The van der Waals surface area contributed by atoms with E-state index in [1.807, 2.05) is 98.5 Å². The van der Waals surface area contributed by atoms with E-state index in [0.29, 0.717) is 11.5 Å². The molecule has 11 heteroatoms. The number of hydrogen-bond acceptors (Lipinski definition) is 6. The predicted molar refractivity (Wildman–Crippen MR) is 266 cm³/mol. The van der Waals surface area contributed by atoms with Crippen molar-refractivity contribution in [2.45, 2.75) is 128 Å². The number of ether oxygens (including phenoxy) is 3. The molecule has 0 spiro atoms. The lowest BCUT2D eigenvalue weighted by Gasteiger charge is -2.53. The number of rotatable bonds is 23. The third-order valence-corrected chi connectivity index (χ3v) is 14.2. The number of unbranched alkanes of at least 4 members (excludes halogenated alkanes) is 8. The van der Waals surface area contributed by atoms with Crippen LogP contribution in [0.25, 0.3) is 0 Å². The second kappa shape index (κ2) is 22.1. The van der Waals surface area contributed by atoms with Gasteiger partial charge in [0.1, 0.15) is 18.1 Å². The lowest BCUT2D eigenvalue weighted by Crippen LogP contribution is -2.69. The van der Waals surface area contributed by atoms with Gasteiger partial charge in [0.05, 0.1) is 33.4 Å². The van der Waals surface area contributed by atoms with Gasteiger partial charge in [0.25, 0.3) is 0 Å². The van der Waals surface area contributed by atoms with E-state index in [4.69, 9.17) is 14.2 Å². The largest absolute Gasteiger partial charge is 0.497 e. The maximum atomic E-state index is 16.0. The fourth-order valence-corrected chi connectivity index (χ4v) is 10.7. The van der Waals surface area contributed by atoms with Crippen LogP contribution in [-0.4, -0.2) is 71.1 Å². The first kappa shape index (κ1) is 48.0. The van der Waals surface area contributed by atoms with Crippen LogP contribution in [-0.2, 0) is 48.6 Å². The van der Waals surface area contributed by atoms with Crippen molar-refractivity contribution in [3.05, 3.63) is 166 Å². The molecule has 0 unspecified atom stereocenters. The Balaban J connectivity index is 1.29. The number of nitrogens with zero attached hydrogens (tertiary/aromatic N) is 4. The van der Waals surface area contributed by atoms with Gasteiger partial charge in [-0.25, -0.2) is 14.4 Å². The van der Waals surface area contributed by atoms with Crippen LogP contribution in [0.2, 0.25) is 0 Å². The molecule has 3 fully saturated rings. The highest BCUT2D eigenvalue weighted by molar-refractivity contribution is 5.90. The van der Waals surface area contributed by atoms with Crippen LogP contribution < -0.4 is 14.8 Å². The Morgan fingerprint density at radius 2 is 0.956 bits per heavy atom. The molecule has 3 aliphatic rings. The van der Waals surface area contributed by atoms with Gasteiger partial charge in [-0.1, -0.05) is 168 Å². The van der Waals surface area contributed by atoms with Crippen molar-refractivity contribution in [2.24, 2.45) is 0 Å². The van der Waals surface area contributed by atoms with Gasteiger partial charge in [-0.2, -0.15) is 0 Å². The maximum absolute atomic E-state index is 16.0. The Kier molecular flexibility index (Phi) is 15.6. The Hall–Kier alpha value is -6.49. The van der Waals surface area contributed by atoms with E-state index in [1.165, 1.54) is 62.5 Å². The average molecular weight is 920 g/mol. The number of nitrogens with one attached hydrogen (secondary N) is 1. The molecular weight excluding hydrogens is 851 g/mol. The normalized spacial score (nSPS) is 19.6. The number of amides is 5. The summed E-state index contributed by atoms with van der Waals surface area (Å²) in [5, 5.41) is 3.07. The van der Waals surface area contributed by atoms with Crippen molar-refractivity contribution < 1.29 is 28.6 Å². The second-order valence-electron chi connectivity index (χ2n) is 18.6. The molecule has 5 amide bonds. The zero-order valence-corrected chi connectivity index (χ0v) is 40.5. The van der Waals surface area contributed by atoms with Crippen molar-refractivity contribution in [1.82, 2.24) is 24.9 Å². The molecule has 3 heterocycles. The van der Waals surface area contributed by atoms with Gasteiger partial charge in [0, 0.05) is 24.2 Å². The average Bonchev–Trinajstić information content (AvgIpc) is 3.72. The first-order valence-electron chi connectivity index (χ1n) is 24.9. The zero-order chi connectivity index (χ0) is 47.5. The summed E-state index contributed by atoms with van der Waals surface area (Å²) < 4.78 is 16.9. The zero-order valence-electron chi connectivity index (χ0n) is 40.5. The first-order valence-corrected chi connectivity index (χ1v) is 24.9. The van der Waals surface area contributed by atoms with Gasteiger partial charge in [-0.15, -0.1) is 0 Å². The highest BCUT2D eigenvalue weighted by Crippen LogP contribution is 2.64. The summed E-state index contributed by atoms with van der Waals surface area (Å²) in [5.41, 5.74) is 3.93. The maximum Gasteiger partial charge on any atom is 0.407 e. The Bertz CT molecular complexity index is 2350. The van der Waals surface area contributed by atoms with Crippen LogP contribution in [0.3, 0.4) is 0 Å². The number of hydrogen-bond donors (Lipinski definition) is 1. The Morgan fingerprint density at radius 1 is 0.529 bits per heavy atom. The lowest BCUT2D eigenvalue weighted by molar-refractivity contribution is -0.0995. The summed E-state index contributed by atoms with van der Waals surface area (Å²) in [6.45, 7) is 5.20. The number of methoxy groups -OCH3 is 2. The smallest absolute Gasteiger partial charge is 0.407 e. The first-order chi connectivity index (χ1) is 33.3. The SMILES string of the molecule is CCCCCCCc1ccc(C23N(Cc4ccc(OC)cc4)C(=O)N4CC(NC(=O)OCc5ccccc5)CN(C(=O)N2Cc2ccc(OC)cc2)C43c2ccc(CCCCCCC)cc2)cc1. The molecule has 3 aliphatic heterocycles. The molecule has 0 aliphatic carbocycles. The summed E-state index contributed by atoms with van der Waals surface area (Å²) in [4.78, 5) is 53.3. The van der Waals surface area contributed by atoms with Crippen molar-refractivity contribution in [3.8, 4) is 11.5 Å². The summed E-state index contributed by atoms with van der Waals surface area (Å²) in [6, 6.07) is 41.2. The van der Waals surface area contributed by atoms with Crippen LogP contribution in [0.1, 0.15) is 117 Å². The number of benzene rings is 5. The minimum absolute atomic E-state index is 0.0860. The van der Waals surface area contributed by atoms with Crippen LogP contribution in [0.5, 0.6) is 11.5 Å². The van der Waals surface area contributed by atoms with Gasteiger partial charge in [0.2, 0.25) is 0 Å². The van der Waals surface area contributed by atoms with E-state index < -0.39 is 23.5 Å². The third-order valence-electron chi connectivity index (χ3n) is 14.2. The molecule has 0 aromatic heterocycles. The molecule has 5 aromatic carbocycles. The van der Waals surface area contributed by atoms with Crippen LogP contribution in [0.4, 0.5) is 14.4 Å². The Morgan fingerprint density at radius 3 is 1.40 bits per heavy atom. The number of carbonyl (C=O) groups excluding carboxylic acids is 3. The summed E-state index contributed by atoms with van der Waals surface area (Å²) >= 11 is 0. The van der Waals surface area contributed by atoms with Crippen LogP contribution in [0.15, 0.2) is 127 Å². The molecule has 0 radical (unpaired) electrons. The second-order valence-corrected chi connectivity index (χ2v) is 18.6. The van der Waals surface area contributed by atoms with Crippen molar-refractivity contribution in [2.75, 3.05) is 27.3 Å². The molecular formula is C57H69N5O6. The highest BCUT2D eigenvalue weighted by Gasteiger charge is 2.81. The molecule has 358 valence electrons. The van der Waals surface area contributed by atoms with E-state index in [9.17, 15) is 4.79 Å². The summed E-state index contributed by atoms with van der Waals surface area (Å²) in [5.74, 6) is 1.41. The highest BCUT2D eigenvalue weighted by atomic mass is 16.5. The monoisotopic (exact) mass is 920 g/mol. The minimum Gasteiger partial charge on any atom is -0.497 e. The number of urea groups is 2. The van der Waals surface area contributed by atoms with Crippen LogP contribution in [0, 0.1) is 0 Å². The summed E-state index contributed by atoms with van der Waals surface area (Å²) in [7, 11) is 3.28. The van der Waals surface area contributed by atoms with E-state index >= 15 is 9.59 Å². The van der Waals surface area contributed by atoms with Crippen molar-refractivity contribution in [3.63, 3.8) is 0 Å². The molecule has 8 rings (SSSR count). The molecule has 5 aromatic rings. The summed E-state index contributed by atoms with van der Waals surface area (Å²) in [6.07, 6.45) is 13.1. The van der Waals surface area contributed by atoms with E-state index in [1.54, 1.807) is 14.2 Å². The number of carbonyl (C=O) groups is 3.